The van der Waals surface area contributed by atoms with Gasteiger partial charge in [0.05, 0.1) is 19.8 Å². The van der Waals surface area contributed by atoms with Gasteiger partial charge in [-0.2, -0.15) is 0 Å². The number of carbonyl (C=O) groups excluding carboxylic acids is 2. The minimum absolute atomic E-state index is 0.100. The molecule has 0 aliphatic carbocycles. The normalized spacial score (nSPS) is 32.1. The van der Waals surface area contributed by atoms with Crippen LogP contribution in [0.1, 0.15) is 10.4 Å². The molecule has 176 valence electrons. The number of nitrogens with zero attached hydrogens (tertiary/aromatic N) is 1. The molecular formula is C19H23FIN3O8. The van der Waals surface area contributed by atoms with Crippen LogP contribution in [0.4, 0.5) is 9.18 Å². The summed E-state index contributed by atoms with van der Waals surface area (Å²) >= 11 is 2.04. The molecule has 2 amide bonds. The van der Waals surface area contributed by atoms with Gasteiger partial charge in [0.2, 0.25) is 11.4 Å². The van der Waals surface area contributed by atoms with Crippen LogP contribution in [0.5, 0.6) is 0 Å². The molecule has 1 aromatic carbocycles. The van der Waals surface area contributed by atoms with Gasteiger partial charge in [-0.3, -0.25) is 15.4 Å². The molecule has 0 spiro atoms. The third kappa shape index (κ3) is 5.09. The summed E-state index contributed by atoms with van der Waals surface area (Å²) in [5.41, 5.74) is 3.52. The Balaban J connectivity index is 0.000000509. The summed E-state index contributed by atoms with van der Waals surface area (Å²) in [4.78, 5) is 25.7. The predicted molar refractivity (Wildman–Crippen MR) is 115 cm³/mol. The molecule has 3 heterocycles. The number of nitrogens with two attached hydrogens (primary N) is 1. The van der Waals surface area contributed by atoms with Gasteiger partial charge < -0.3 is 34.8 Å². The van der Waals surface area contributed by atoms with Gasteiger partial charge in [-0.1, -0.05) is 12.1 Å². The highest BCUT2D eigenvalue weighted by Gasteiger charge is 2.51. The number of halogens is 2. The fraction of sp³-hybridized carbons (Fsp3) is 0.474. The highest BCUT2D eigenvalue weighted by Crippen LogP contribution is 2.30. The number of aliphatic hydroxyl groups excluding tert-OH is 3. The average molecular weight is 567 g/mol. The minimum atomic E-state index is -2.42. The van der Waals surface area contributed by atoms with Gasteiger partial charge in [-0.05, 0) is 34.7 Å². The first kappa shape index (κ1) is 24.9. The zero-order chi connectivity index (χ0) is 23.5. The van der Waals surface area contributed by atoms with Crippen molar-refractivity contribution < 1.29 is 43.5 Å². The van der Waals surface area contributed by atoms with Gasteiger partial charge in [0.25, 0.3) is 0 Å². The van der Waals surface area contributed by atoms with Crippen molar-refractivity contribution >= 4 is 34.4 Å². The molecular weight excluding hydrogens is 544 g/mol. The van der Waals surface area contributed by atoms with Gasteiger partial charge >= 0.3 is 6.03 Å². The van der Waals surface area contributed by atoms with E-state index in [9.17, 15) is 24.2 Å². The summed E-state index contributed by atoms with van der Waals surface area (Å²) in [5.74, 6) is -2.04. The molecule has 0 saturated carbocycles. The smallest absolute Gasteiger partial charge is 0.325 e. The maximum Gasteiger partial charge on any atom is 0.325 e. The van der Waals surface area contributed by atoms with E-state index in [-0.39, 0.29) is 5.56 Å². The molecule has 11 nitrogen and oxygen atoms in total. The fourth-order valence-corrected chi connectivity index (χ4v) is 3.52. The number of aliphatic hydroxyl groups is 3. The van der Waals surface area contributed by atoms with Crippen molar-refractivity contribution in [2.45, 2.75) is 30.2 Å². The number of amides is 2. The molecule has 2 fully saturated rings. The Morgan fingerprint density at radius 3 is 2.38 bits per heavy atom. The molecule has 4 rings (SSSR count). The lowest BCUT2D eigenvalue weighted by Crippen LogP contribution is -2.68. The van der Waals surface area contributed by atoms with Crippen LogP contribution in [0.15, 0.2) is 36.3 Å². The number of ether oxygens (including phenoxy) is 3. The Morgan fingerprint density at radius 1 is 1.25 bits per heavy atom. The Bertz CT molecular complexity index is 861. The number of nitrogens with one attached hydrogen (secondary N) is 1. The number of rotatable bonds is 4. The number of Topliss-reactive ketones (excluding diaryl/α,β-unsaturated/α-hetero) is 1. The molecule has 1 aromatic rings. The lowest BCUT2D eigenvalue weighted by atomic mass is 9.96. The van der Waals surface area contributed by atoms with Crippen LogP contribution in [-0.2, 0) is 14.2 Å². The summed E-state index contributed by atoms with van der Waals surface area (Å²) in [6.07, 6.45) is -5.02. The molecule has 3 aliphatic heterocycles. The molecule has 6 N–H and O–H groups in total. The first-order chi connectivity index (χ1) is 15.2. The topological polar surface area (TPSA) is 164 Å². The Labute approximate surface area is 196 Å². The van der Waals surface area contributed by atoms with Crippen LogP contribution in [0, 0.1) is 3.57 Å². The van der Waals surface area contributed by atoms with E-state index < -0.39 is 54.5 Å². The lowest BCUT2D eigenvalue weighted by molar-refractivity contribution is -0.0679. The maximum absolute atomic E-state index is 14.7. The highest BCUT2D eigenvalue weighted by atomic mass is 127. The zero-order valence-electron chi connectivity index (χ0n) is 16.7. The number of ketones is 1. The number of benzene rings is 1. The van der Waals surface area contributed by atoms with Gasteiger partial charge in [0.15, 0.2) is 12.1 Å². The molecule has 0 bridgehead atoms. The monoisotopic (exact) mass is 567 g/mol. The second-order valence-electron chi connectivity index (χ2n) is 7.12. The molecule has 1 unspecified atom stereocenters. The first-order valence-corrected chi connectivity index (χ1v) is 10.6. The fourth-order valence-electron chi connectivity index (χ4n) is 3.16. The van der Waals surface area contributed by atoms with Crippen molar-refractivity contribution in [1.29, 1.82) is 0 Å². The van der Waals surface area contributed by atoms with E-state index in [0.717, 1.165) is 16.8 Å². The van der Waals surface area contributed by atoms with Crippen LogP contribution in [-0.4, -0.2) is 88.9 Å². The summed E-state index contributed by atoms with van der Waals surface area (Å²) in [6.45, 7) is 1.45. The van der Waals surface area contributed by atoms with Gasteiger partial charge in [-0.15, -0.1) is 0 Å². The molecule has 3 aliphatic rings. The average Bonchev–Trinajstić information content (AvgIpc) is 3.44. The van der Waals surface area contributed by atoms with Crippen LogP contribution in [0.25, 0.3) is 0 Å². The van der Waals surface area contributed by atoms with Crippen LogP contribution >= 0.6 is 22.6 Å². The van der Waals surface area contributed by atoms with Crippen molar-refractivity contribution in [1.82, 2.24) is 10.2 Å². The van der Waals surface area contributed by atoms with E-state index in [0.29, 0.717) is 17.9 Å². The third-order valence-corrected chi connectivity index (χ3v) is 5.68. The summed E-state index contributed by atoms with van der Waals surface area (Å²) < 4.78 is 30.2. The lowest BCUT2D eigenvalue weighted by Gasteiger charge is -2.37. The van der Waals surface area contributed by atoms with Crippen molar-refractivity contribution in [3.05, 3.63) is 45.4 Å². The van der Waals surface area contributed by atoms with Crippen LogP contribution in [0.3, 0.4) is 0 Å². The summed E-state index contributed by atoms with van der Waals surface area (Å²) in [6, 6.07) is 5.17. The SMILES string of the molecule is C1COCO1.NC1(C(=O)c2ccc(I)cc2)NC(=O)N([C@@H]2O[C@H](CO)[C@@H](O)[C@H]2O)C=C1F. The maximum atomic E-state index is 14.7. The van der Waals surface area contributed by atoms with E-state index in [2.05, 4.69) is 5.32 Å². The Kier molecular flexibility index (Phi) is 8.16. The molecule has 32 heavy (non-hydrogen) atoms. The molecule has 0 aromatic heterocycles. The number of hydrogen-bond donors (Lipinski definition) is 5. The quantitative estimate of drug-likeness (QED) is 0.236. The third-order valence-electron chi connectivity index (χ3n) is 4.96. The minimum Gasteiger partial charge on any atom is -0.394 e. The Morgan fingerprint density at radius 2 is 1.88 bits per heavy atom. The van der Waals surface area contributed by atoms with Crippen molar-refractivity contribution in [3.8, 4) is 0 Å². The Hall–Kier alpha value is -1.72. The van der Waals surface area contributed by atoms with Crippen molar-refractivity contribution in [3.63, 3.8) is 0 Å². The van der Waals surface area contributed by atoms with Crippen LogP contribution in [0.2, 0.25) is 0 Å². The predicted octanol–water partition coefficient (Wildman–Crippen LogP) is -0.605. The zero-order valence-corrected chi connectivity index (χ0v) is 18.8. The van der Waals surface area contributed by atoms with Crippen molar-refractivity contribution in [2.24, 2.45) is 5.73 Å². The van der Waals surface area contributed by atoms with E-state index in [1.807, 2.05) is 22.6 Å². The summed E-state index contributed by atoms with van der Waals surface area (Å²) in [5, 5.41) is 31.0. The molecule has 0 radical (unpaired) electrons. The number of urea groups is 1. The molecule has 2 saturated heterocycles. The van der Waals surface area contributed by atoms with Crippen LogP contribution < -0.4 is 11.1 Å². The second-order valence-corrected chi connectivity index (χ2v) is 8.37. The van der Waals surface area contributed by atoms with Crippen molar-refractivity contribution in [2.75, 3.05) is 26.6 Å². The number of carbonyl (C=O) groups is 2. The van der Waals surface area contributed by atoms with E-state index >= 15 is 0 Å². The van der Waals surface area contributed by atoms with Gasteiger partial charge in [0, 0.05) is 15.3 Å². The van der Waals surface area contributed by atoms with Gasteiger partial charge in [-0.25, -0.2) is 9.18 Å². The van der Waals surface area contributed by atoms with E-state index in [1.165, 1.54) is 12.1 Å². The highest BCUT2D eigenvalue weighted by molar-refractivity contribution is 14.1. The van der Waals surface area contributed by atoms with Gasteiger partial charge in [0.1, 0.15) is 25.1 Å². The summed E-state index contributed by atoms with van der Waals surface area (Å²) in [7, 11) is 0. The molecule has 13 heteroatoms. The first-order valence-electron chi connectivity index (χ1n) is 9.54. The van der Waals surface area contributed by atoms with E-state index in [4.69, 9.17) is 25.1 Å². The number of hydrogen-bond acceptors (Lipinski definition) is 9. The largest absolute Gasteiger partial charge is 0.394 e. The second kappa shape index (κ2) is 10.5. The standard InChI is InChI=1S/C16H17FIN3O6.C3H6O2/c17-10-5-21(14-12(24)11(23)9(6-22)27-14)15(26)20-16(10,19)13(25)7-1-3-8(18)4-2-7;1-2-5-3-4-1/h1-5,9,11-12,14,22-24H,6,19H2,(H,20,26);1-3H2/t9-,11-,12-,14-,16?;/m1./s1. The molecule has 5 atom stereocenters. The van der Waals surface area contributed by atoms with E-state index in [1.54, 1.807) is 12.1 Å².